The molecule has 18 heavy (non-hydrogen) atoms. The van der Waals surface area contributed by atoms with Gasteiger partial charge in [0.1, 0.15) is 0 Å². The first kappa shape index (κ1) is 12.6. The molecule has 1 N–H and O–H groups in total. The van der Waals surface area contributed by atoms with Gasteiger partial charge in [-0.1, -0.05) is 13.0 Å². The van der Waals surface area contributed by atoms with Crippen molar-refractivity contribution >= 4 is 0 Å². The zero-order valence-electron chi connectivity index (χ0n) is 10.8. The summed E-state index contributed by atoms with van der Waals surface area (Å²) in [6.07, 6.45) is 8.38. The number of hydrogen-bond acceptors (Lipinski definition) is 4. The van der Waals surface area contributed by atoms with Crippen molar-refractivity contribution in [2.75, 3.05) is 6.54 Å². The minimum Gasteiger partial charge on any atom is -0.306 e. The van der Waals surface area contributed by atoms with Crippen molar-refractivity contribution in [3.05, 3.63) is 53.6 Å². The number of nitrogens with zero attached hydrogens (tertiary/aromatic N) is 3. The highest BCUT2D eigenvalue weighted by molar-refractivity contribution is 5.29. The van der Waals surface area contributed by atoms with Gasteiger partial charge in [-0.3, -0.25) is 4.98 Å². The second kappa shape index (κ2) is 6.21. The molecule has 0 aromatic carbocycles. The Bertz CT molecular complexity index is 484. The number of aryl methyl sites for hydroxylation is 1. The third-order valence-corrected chi connectivity index (χ3v) is 2.77. The minimum absolute atomic E-state index is 0.132. The molecule has 0 radical (unpaired) electrons. The Morgan fingerprint density at radius 2 is 2.06 bits per heavy atom. The van der Waals surface area contributed by atoms with Crippen LogP contribution < -0.4 is 5.32 Å². The van der Waals surface area contributed by atoms with Crippen molar-refractivity contribution in [1.82, 2.24) is 20.5 Å². The van der Waals surface area contributed by atoms with Gasteiger partial charge in [0.2, 0.25) is 0 Å². The maximum atomic E-state index is 4.26. The lowest BCUT2D eigenvalue weighted by Crippen LogP contribution is -2.23. The summed E-state index contributed by atoms with van der Waals surface area (Å²) >= 11 is 0. The van der Waals surface area contributed by atoms with Gasteiger partial charge in [-0.25, -0.2) is 0 Å². The van der Waals surface area contributed by atoms with Crippen LogP contribution in [0.15, 0.2) is 36.9 Å². The summed E-state index contributed by atoms with van der Waals surface area (Å²) in [5, 5.41) is 11.3. The van der Waals surface area contributed by atoms with E-state index in [2.05, 4.69) is 40.4 Å². The molecule has 0 aliphatic rings. The Morgan fingerprint density at radius 3 is 2.72 bits per heavy atom. The first-order chi connectivity index (χ1) is 8.81. The number of aromatic nitrogens is 3. The molecule has 94 valence electrons. The molecule has 4 nitrogen and oxygen atoms in total. The molecule has 0 spiro atoms. The second-order valence-electron chi connectivity index (χ2n) is 4.36. The van der Waals surface area contributed by atoms with Crippen LogP contribution in [0.25, 0.3) is 0 Å². The van der Waals surface area contributed by atoms with E-state index >= 15 is 0 Å². The monoisotopic (exact) mass is 242 g/mol. The van der Waals surface area contributed by atoms with Gasteiger partial charge in [-0.2, -0.15) is 10.2 Å². The van der Waals surface area contributed by atoms with E-state index in [-0.39, 0.29) is 6.04 Å². The lowest BCUT2D eigenvalue weighted by molar-refractivity contribution is 0.593. The van der Waals surface area contributed by atoms with Crippen molar-refractivity contribution < 1.29 is 0 Å². The second-order valence-corrected chi connectivity index (χ2v) is 4.36. The van der Waals surface area contributed by atoms with Crippen molar-refractivity contribution in [3.8, 4) is 0 Å². The van der Waals surface area contributed by atoms with E-state index in [1.165, 1.54) is 0 Å². The zero-order chi connectivity index (χ0) is 12.8. The average Bonchev–Trinajstić information content (AvgIpc) is 2.40. The largest absolute Gasteiger partial charge is 0.306 e. The van der Waals surface area contributed by atoms with E-state index < -0.39 is 0 Å². The van der Waals surface area contributed by atoms with Crippen molar-refractivity contribution in [1.29, 1.82) is 0 Å². The zero-order valence-corrected chi connectivity index (χ0v) is 10.8. The van der Waals surface area contributed by atoms with Gasteiger partial charge in [0.15, 0.2) is 0 Å². The van der Waals surface area contributed by atoms with Crippen LogP contribution in [-0.4, -0.2) is 21.7 Å². The van der Waals surface area contributed by atoms with Crippen molar-refractivity contribution in [3.63, 3.8) is 0 Å². The van der Waals surface area contributed by atoms with Crippen LogP contribution >= 0.6 is 0 Å². The molecule has 2 rings (SSSR count). The van der Waals surface area contributed by atoms with Crippen molar-refractivity contribution in [2.24, 2.45) is 0 Å². The van der Waals surface area contributed by atoms with E-state index in [1.807, 2.05) is 18.5 Å². The molecule has 0 saturated carbocycles. The summed E-state index contributed by atoms with van der Waals surface area (Å²) in [5.41, 5.74) is 3.44. The van der Waals surface area contributed by atoms with Crippen LogP contribution in [0.3, 0.4) is 0 Å². The van der Waals surface area contributed by atoms with Gasteiger partial charge in [0, 0.05) is 18.6 Å². The lowest BCUT2D eigenvalue weighted by Gasteiger charge is -2.18. The van der Waals surface area contributed by atoms with Crippen LogP contribution in [0.1, 0.15) is 36.1 Å². The maximum absolute atomic E-state index is 4.26. The standard InChI is InChI=1S/C14H18N4/c1-3-5-16-14(12-4-6-17-18-10-12)13-7-11(2)8-15-9-13/h4,6-10,14,16H,3,5H2,1-2H3. The molecule has 0 bridgehead atoms. The van der Waals surface area contributed by atoms with Gasteiger partial charge in [0.25, 0.3) is 0 Å². The Labute approximate surface area is 107 Å². The predicted octanol–water partition coefficient (Wildman–Crippen LogP) is 2.27. The Morgan fingerprint density at radius 1 is 1.17 bits per heavy atom. The predicted molar refractivity (Wildman–Crippen MR) is 71.1 cm³/mol. The first-order valence-corrected chi connectivity index (χ1v) is 6.22. The first-order valence-electron chi connectivity index (χ1n) is 6.22. The van der Waals surface area contributed by atoms with Gasteiger partial charge >= 0.3 is 0 Å². The molecule has 0 amide bonds. The number of pyridine rings is 1. The van der Waals surface area contributed by atoms with Crippen LogP contribution in [0, 0.1) is 6.92 Å². The molecule has 0 aliphatic carbocycles. The van der Waals surface area contributed by atoms with Crippen LogP contribution in [-0.2, 0) is 0 Å². The Hall–Kier alpha value is -1.81. The van der Waals surface area contributed by atoms with E-state index in [0.29, 0.717) is 0 Å². The Balaban J connectivity index is 2.31. The van der Waals surface area contributed by atoms with E-state index in [9.17, 15) is 0 Å². The highest BCUT2D eigenvalue weighted by Gasteiger charge is 2.13. The summed E-state index contributed by atoms with van der Waals surface area (Å²) < 4.78 is 0. The fourth-order valence-electron chi connectivity index (χ4n) is 1.92. The van der Waals surface area contributed by atoms with Crippen LogP contribution in [0.2, 0.25) is 0 Å². The molecule has 0 aliphatic heterocycles. The third kappa shape index (κ3) is 3.11. The van der Waals surface area contributed by atoms with Crippen molar-refractivity contribution in [2.45, 2.75) is 26.3 Å². The highest BCUT2D eigenvalue weighted by atomic mass is 15.1. The Kier molecular flexibility index (Phi) is 4.36. The molecular formula is C14H18N4. The molecule has 0 fully saturated rings. The molecule has 1 unspecified atom stereocenters. The van der Waals surface area contributed by atoms with Gasteiger partial charge in [-0.15, -0.1) is 0 Å². The number of hydrogen-bond donors (Lipinski definition) is 1. The van der Waals surface area contributed by atoms with Crippen LogP contribution in [0.4, 0.5) is 0 Å². The summed E-state index contributed by atoms with van der Waals surface area (Å²) in [7, 11) is 0. The minimum atomic E-state index is 0.132. The molecule has 0 saturated heterocycles. The van der Waals surface area contributed by atoms with E-state index in [4.69, 9.17) is 0 Å². The summed E-state index contributed by atoms with van der Waals surface area (Å²) in [6.45, 7) is 5.17. The fraction of sp³-hybridized carbons (Fsp3) is 0.357. The van der Waals surface area contributed by atoms with E-state index in [1.54, 1.807) is 12.4 Å². The van der Waals surface area contributed by atoms with Crippen LogP contribution in [0.5, 0.6) is 0 Å². The van der Waals surface area contributed by atoms with Gasteiger partial charge in [0.05, 0.1) is 12.2 Å². The molecule has 2 aromatic heterocycles. The molecule has 1 atom stereocenters. The van der Waals surface area contributed by atoms with Gasteiger partial charge < -0.3 is 5.32 Å². The molecule has 2 aromatic rings. The average molecular weight is 242 g/mol. The quantitative estimate of drug-likeness (QED) is 0.873. The molecule has 4 heteroatoms. The SMILES string of the molecule is CCCNC(c1ccnnc1)c1cncc(C)c1. The lowest BCUT2D eigenvalue weighted by atomic mass is 10.0. The molecule has 2 heterocycles. The summed E-state index contributed by atoms with van der Waals surface area (Å²) in [6, 6.07) is 4.27. The smallest absolute Gasteiger partial charge is 0.0608 e. The maximum Gasteiger partial charge on any atom is 0.0608 e. The topological polar surface area (TPSA) is 50.7 Å². The summed E-state index contributed by atoms with van der Waals surface area (Å²) in [4.78, 5) is 4.26. The third-order valence-electron chi connectivity index (χ3n) is 2.77. The summed E-state index contributed by atoms with van der Waals surface area (Å²) in [5.74, 6) is 0. The number of nitrogens with one attached hydrogen (secondary N) is 1. The number of rotatable bonds is 5. The highest BCUT2D eigenvalue weighted by Crippen LogP contribution is 2.20. The normalized spacial score (nSPS) is 12.3. The van der Waals surface area contributed by atoms with Gasteiger partial charge in [-0.05, 0) is 42.6 Å². The fourth-order valence-corrected chi connectivity index (χ4v) is 1.92. The molecular weight excluding hydrogens is 224 g/mol. The van der Waals surface area contributed by atoms with E-state index in [0.717, 1.165) is 29.7 Å².